The molecule has 0 radical (unpaired) electrons. The van der Waals surface area contributed by atoms with Crippen LogP contribution in [0, 0.1) is 10.1 Å². The molecular weight excluding hydrogens is 258 g/mol. The molecule has 6 nitrogen and oxygen atoms in total. The third kappa shape index (κ3) is 3.33. The van der Waals surface area contributed by atoms with Crippen LogP contribution >= 0.6 is 11.6 Å². The smallest absolute Gasteiger partial charge is 0.321 e. The molecule has 1 N–H and O–H groups in total. The Hall–Kier alpha value is -1.82. The van der Waals surface area contributed by atoms with Crippen molar-refractivity contribution in [2.75, 3.05) is 18.4 Å². The molecule has 2 amide bonds. The van der Waals surface area contributed by atoms with Crippen molar-refractivity contribution in [2.24, 2.45) is 0 Å². The molecule has 0 aliphatic heterocycles. The summed E-state index contributed by atoms with van der Waals surface area (Å²) in [4.78, 5) is 23.4. The second-order valence-corrected chi connectivity index (χ2v) is 3.93. The Morgan fingerprint density at radius 2 is 2.06 bits per heavy atom. The van der Waals surface area contributed by atoms with E-state index in [1.807, 2.05) is 13.8 Å². The number of hydrogen-bond donors (Lipinski definition) is 1. The van der Waals surface area contributed by atoms with E-state index < -0.39 is 4.92 Å². The van der Waals surface area contributed by atoms with Crippen molar-refractivity contribution >= 4 is 29.0 Å². The molecule has 0 saturated carbocycles. The van der Waals surface area contributed by atoms with Crippen LogP contribution in [0.2, 0.25) is 5.02 Å². The summed E-state index contributed by atoms with van der Waals surface area (Å²) in [5.74, 6) is 0. The highest BCUT2D eigenvalue weighted by Crippen LogP contribution is 2.26. The van der Waals surface area contributed by atoms with Crippen molar-refractivity contribution in [1.82, 2.24) is 4.90 Å². The van der Waals surface area contributed by atoms with Crippen LogP contribution < -0.4 is 5.32 Å². The highest BCUT2D eigenvalue weighted by atomic mass is 35.5. The maximum atomic E-state index is 11.8. The second kappa shape index (κ2) is 6.20. The van der Waals surface area contributed by atoms with Gasteiger partial charge in [0.1, 0.15) is 0 Å². The Morgan fingerprint density at radius 1 is 1.44 bits per heavy atom. The number of nitrogens with zero attached hydrogens (tertiary/aromatic N) is 2. The number of halogens is 1. The minimum Gasteiger partial charge on any atom is -0.325 e. The minimum absolute atomic E-state index is 0.116. The Kier molecular flexibility index (Phi) is 4.91. The van der Waals surface area contributed by atoms with E-state index in [0.717, 1.165) is 0 Å². The van der Waals surface area contributed by atoms with E-state index in [1.165, 1.54) is 18.2 Å². The van der Waals surface area contributed by atoms with Crippen LogP contribution in [-0.4, -0.2) is 28.9 Å². The number of non-ortho nitro benzene ring substituents is 1. The van der Waals surface area contributed by atoms with E-state index in [1.54, 1.807) is 4.90 Å². The third-order valence-corrected chi connectivity index (χ3v) is 2.78. The number of carbonyl (C=O) groups excluding carboxylic acids is 1. The molecule has 0 spiro atoms. The van der Waals surface area contributed by atoms with E-state index in [0.29, 0.717) is 13.1 Å². The Morgan fingerprint density at radius 3 is 2.56 bits per heavy atom. The molecule has 0 heterocycles. The number of hydrogen-bond acceptors (Lipinski definition) is 3. The molecule has 98 valence electrons. The molecular formula is C11H14ClN3O3. The summed E-state index contributed by atoms with van der Waals surface area (Å²) in [6.45, 7) is 4.79. The van der Waals surface area contributed by atoms with Crippen LogP contribution in [0.1, 0.15) is 13.8 Å². The van der Waals surface area contributed by atoms with Gasteiger partial charge in [-0.1, -0.05) is 11.6 Å². The van der Waals surface area contributed by atoms with Crippen molar-refractivity contribution in [1.29, 1.82) is 0 Å². The molecule has 0 aliphatic carbocycles. The number of carbonyl (C=O) groups is 1. The summed E-state index contributed by atoms with van der Waals surface area (Å²) in [5.41, 5.74) is 0.122. The van der Waals surface area contributed by atoms with Gasteiger partial charge in [0, 0.05) is 25.2 Å². The average Bonchev–Trinajstić information content (AvgIpc) is 2.33. The van der Waals surface area contributed by atoms with Gasteiger partial charge >= 0.3 is 6.03 Å². The Bertz CT molecular complexity index is 461. The normalized spacial score (nSPS) is 9.94. The number of anilines is 1. The molecule has 0 saturated heterocycles. The quantitative estimate of drug-likeness (QED) is 0.675. The van der Waals surface area contributed by atoms with Gasteiger partial charge in [-0.15, -0.1) is 0 Å². The summed E-state index contributed by atoms with van der Waals surface area (Å²) >= 11 is 5.88. The fraction of sp³-hybridized carbons (Fsp3) is 0.364. The lowest BCUT2D eigenvalue weighted by molar-refractivity contribution is -0.384. The van der Waals surface area contributed by atoms with E-state index in [9.17, 15) is 14.9 Å². The standard InChI is InChI=1S/C11H14ClN3O3/c1-3-14(4-2)11(16)13-10-7-8(15(17)18)5-6-9(10)12/h5-7H,3-4H2,1-2H3,(H,13,16). The zero-order valence-electron chi connectivity index (χ0n) is 10.1. The first-order valence-corrected chi connectivity index (χ1v) is 5.87. The van der Waals surface area contributed by atoms with Crippen molar-refractivity contribution in [2.45, 2.75) is 13.8 Å². The molecule has 0 bridgehead atoms. The fourth-order valence-electron chi connectivity index (χ4n) is 1.43. The Labute approximate surface area is 110 Å². The van der Waals surface area contributed by atoms with E-state index in [-0.39, 0.29) is 22.4 Å². The largest absolute Gasteiger partial charge is 0.325 e. The van der Waals surface area contributed by atoms with E-state index >= 15 is 0 Å². The first-order valence-electron chi connectivity index (χ1n) is 5.49. The first kappa shape index (κ1) is 14.2. The maximum absolute atomic E-state index is 11.8. The van der Waals surface area contributed by atoms with Crippen LogP contribution in [0.5, 0.6) is 0 Å². The van der Waals surface area contributed by atoms with Crippen LogP contribution in [0.25, 0.3) is 0 Å². The molecule has 0 fully saturated rings. The zero-order valence-corrected chi connectivity index (χ0v) is 10.9. The predicted molar refractivity (Wildman–Crippen MR) is 70.0 cm³/mol. The summed E-state index contributed by atoms with van der Waals surface area (Å²) in [7, 11) is 0. The molecule has 0 aliphatic rings. The van der Waals surface area contributed by atoms with Gasteiger partial charge in [-0.3, -0.25) is 10.1 Å². The van der Waals surface area contributed by atoms with E-state index in [2.05, 4.69) is 5.32 Å². The molecule has 7 heteroatoms. The first-order chi connectivity index (χ1) is 8.49. The number of nitrogens with one attached hydrogen (secondary N) is 1. The van der Waals surface area contributed by atoms with Crippen LogP contribution in [0.4, 0.5) is 16.2 Å². The van der Waals surface area contributed by atoms with Gasteiger partial charge in [0.15, 0.2) is 0 Å². The van der Waals surface area contributed by atoms with Gasteiger partial charge in [0.05, 0.1) is 15.6 Å². The van der Waals surface area contributed by atoms with Crippen molar-refractivity contribution in [3.05, 3.63) is 33.3 Å². The number of rotatable bonds is 4. The third-order valence-electron chi connectivity index (χ3n) is 2.45. The van der Waals surface area contributed by atoms with Crippen molar-refractivity contribution < 1.29 is 9.72 Å². The van der Waals surface area contributed by atoms with Gasteiger partial charge in [0.2, 0.25) is 0 Å². The highest BCUT2D eigenvalue weighted by Gasteiger charge is 2.14. The van der Waals surface area contributed by atoms with Crippen molar-refractivity contribution in [3.63, 3.8) is 0 Å². The van der Waals surface area contributed by atoms with Gasteiger partial charge < -0.3 is 10.2 Å². The molecule has 0 aromatic heterocycles. The fourth-order valence-corrected chi connectivity index (χ4v) is 1.59. The molecule has 1 aromatic rings. The number of nitro benzene ring substituents is 1. The number of nitro groups is 1. The van der Waals surface area contributed by atoms with Gasteiger partial charge in [-0.2, -0.15) is 0 Å². The SMILES string of the molecule is CCN(CC)C(=O)Nc1cc([N+](=O)[O-])ccc1Cl. The number of benzene rings is 1. The maximum Gasteiger partial charge on any atom is 0.321 e. The summed E-state index contributed by atoms with van der Waals surface area (Å²) < 4.78 is 0. The lowest BCUT2D eigenvalue weighted by atomic mass is 10.3. The Balaban J connectivity index is 2.93. The zero-order chi connectivity index (χ0) is 13.7. The molecule has 0 unspecified atom stereocenters. The average molecular weight is 272 g/mol. The van der Waals surface area contributed by atoms with Gasteiger partial charge in [-0.05, 0) is 19.9 Å². The predicted octanol–water partition coefficient (Wildman–Crippen LogP) is 3.12. The van der Waals surface area contributed by atoms with E-state index in [4.69, 9.17) is 11.6 Å². The lowest BCUT2D eigenvalue weighted by Crippen LogP contribution is -2.34. The van der Waals surface area contributed by atoms with Crippen LogP contribution in [0.3, 0.4) is 0 Å². The molecule has 18 heavy (non-hydrogen) atoms. The highest BCUT2D eigenvalue weighted by molar-refractivity contribution is 6.33. The number of amides is 2. The monoisotopic (exact) mass is 271 g/mol. The topological polar surface area (TPSA) is 75.5 Å². The van der Waals surface area contributed by atoms with Crippen molar-refractivity contribution in [3.8, 4) is 0 Å². The number of urea groups is 1. The van der Waals surface area contributed by atoms with Crippen LogP contribution in [-0.2, 0) is 0 Å². The summed E-state index contributed by atoms with van der Waals surface area (Å²) in [6.07, 6.45) is 0. The van der Waals surface area contributed by atoms with Gasteiger partial charge in [0.25, 0.3) is 5.69 Å². The molecule has 1 rings (SSSR count). The lowest BCUT2D eigenvalue weighted by Gasteiger charge is -2.19. The minimum atomic E-state index is -0.538. The van der Waals surface area contributed by atoms with Crippen LogP contribution in [0.15, 0.2) is 18.2 Å². The molecule has 1 aromatic carbocycles. The molecule has 0 atom stereocenters. The van der Waals surface area contributed by atoms with Gasteiger partial charge in [-0.25, -0.2) is 4.79 Å². The summed E-state index contributed by atoms with van der Waals surface area (Å²) in [6, 6.07) is 3.58. The second-order valence-electron chi connectivity index (χ2n) is 3.52. The summed E-state index contributed by atoms with van der Waals surface area (Å²) in [5, 5.41) is 13.5.